The number of hydrogen-bond acceptors (Lipinski definition) is 3. The molecule has 4 heteroatoms. The third-order valence-electron chi connectivity index (χ3n) is 3.05. The average Bonchev–Trinajstić information content (AvgIpc) is 2.52. The normalized spacial score (nSPS) is 20.1. The van der Waals surface area contributed by atoms with Crippen LogP contribution in [0.3, 0.4) is 0 Å². The Hall–Kier alpha value is -1.16. The van der Waals surface area contributed by atoms with Crippen LogP contribution >= 0.6 is 0 Å². The van der Waals surface area contributed by atoms with E-state index in [0.717, 1.165) is 36.6 Å². The van der Waals surface area contributed by atoms with Crippen molar-refractivity contribution < 1.29 is 4.79 Å². The van der Waals surface area contributed by atoms with Crippen molar-refractivity contribution in [2.45, 2.75) is 33.2 Å². The molecule has 1 aromatic heterocycles. The van der Waals surface area contributed by atoms with Gasteiger partial charge >= 0.3 is 0 Å². The van der Waals surface area contributed by atoms with Gasteiger partial charge in [-0.2, -0.15) is 0 Å². The van der Waals surface area contributed by atoms with Gasteiger partial charge in [0.15, 0.2) is 5.78 Å². The van der Waals surface area contributed by atoms with E-state index in [0.29, 0.717) is 5.92 Å². The number of Topliss-reactive ketones (excluding diaryl/α,β-unsaturated/α-hetero) is 1. The number of nitrogens with two attached hydrogens (primary N) is 1. The number of aryl methyl sites for hydroxylation is 1. The second-order valence-corrected chi connectivity index (χ2v) is 4.34. The number of imidazole rings is 1. The predicted molar refractivity (Wildman–Crippen MR) is 57.8 cm³/mol. The van der Waals surface area contributed by atoms with Gasteiger partial charge in [-0.25, -0.2) is 4.98 Å². The van der Waals surface area contributed by atoms with Crippen LogP contribution in [-0.4, -0.2) is 21.9 Å². The van der Waals surface area contributed by atoms with E-state index < -0.39 is 0 Å². The molecule has 0 spiro atoms. The minimum Gasteiger partial charge on any atom is -0.325 e. The van der Waals surface area contributed by atoms with Gasteiger partial charge in [-0.1, -0.05) is 6.92 Å². The molecule has 0 bridgehead atoms. The molecular weight excluding hydrogens is 190 g/mol. The van der Waals surface area contributed by atoms with Crippen molar-refractivity contribution in [3.63, 3.8) is 0 Å². The van der Waals surface area contributed by atoms with Crippen molar-refractivity contribution >= 4 is 5.78 Å². The summed E-state index contributed by atoms with van der Waals surface area (Å²) in [5.74, 6) is 1.71. The van der Waals surface area contributed by atoms with Crippen LogP contribution in [0.2, 0.25) is 0 Å². The number of rotatable bonds is 2. The van der Waals surface area contributed by atoms with E-state index in [4.69, 9.17) is 5.73 Å². The lowest BCUT2D eigenvalue weighted by Crippen LogP contribution is -2.23. The Kier molecular flexibility index (Phi) is 2.61. The number of nitrogens with zero attached hydrogens (tertiary/aromatic N) is 2. The summed E-state index contributed by atoms with van der Waals surface area (Å²) in [4.78, 5) is 16.1. The molecule has 2 heterocycles. The number of fused-ring (bicyclic) bond motifs is 1. The molecule has 0 aromatic carbocycles. The summed E-state index contributed by atoms with van der Waals surface area (Å²) < 4.78 is 2.05. The summed E-state index contributed by atoms with van der Waals surface area (Å²) in [6, 6.07) is 0. The van der Waals surface area contributed by atoms with Gasteiger partial charge in [0, 0.05) is 13.0 Å². The maximum atomic E-state index is 11.7. The highest BCUT2D eigenvalue weighted by atomic mass is 16.1. The van der Waals surface area contributed by atoms with E-state index in [-0.39, 0.29) is 12.3 Å². The van der Waals surface area contributed by atoms with Gasteiger partial charge in [-0.3, -0.25) is 4.79 Å². The number of carbonyl (C=O) groups is 1. The number of carbonyl (C=O) groups excluding carboxylic acids is 1. The lowest BCUT2D eigenvalue weighted by atomic mass is 10.0. The van der Waals surface area contributed by atoms with Crippen molar-refractivity contribution in [1.29, 1.82) is 0 Å². The second kappa shape index (κ2) is 3.77. The fraction of sp³-hybridized carbons (Fsp3) is 0.636. The summed E-state index contributed by atoms with van der Waals surface area (Å²) in [6.07, 6.45) is 2.09. The zero-order valence-electron chi connectivity index (χ0n) is 9.29. The average molecular weight is 207 g/mol. The lowest BCUT2D eigenvalue weighted by molar-refractivity contribution is 0.0990. The predicted octanol–water partition coefficient (Wildman–Crippen LogP) is 0.915. The molecule has 1 aliphatic rings. The highest BCUT2D eigenvalue weighted by molar-refractivity contribution is 5.97. The van der Waals surface area contributed by atoms with Gasteiger partial charge in [0.2, 0.25) is 0 Å². The molecule has 15 heavy (non-hydrogen) atoms. The smallest absolute Gasteiger partial charge is 0.194 e. The van der Waals surface area contributed by atoms with Gasteiger partial charge in [-0.15, -0.1) is 0 Å². The van der Waals surface area contributed by atoms with Crippen LogP contribution in [-0.2, 0) is 13.0 Å². The summed E-state index contributed by atoms with van der Waals surface area (Å²) >= 11 is 0. The van der Waals surface area contributed by atoms with Gasteiger partial charge in [0.25, 0.3) is 0 Å². The van der Waals surface area contributed by atoms with Crippen LogP contribution in [0.25, 0.3) is 0 Å². The third-order valence-corrected chi connectivity index (χ3v) is 3.05. The first-order valence-electron chi connectivity index (χ1n) is 5.42. The minimum absolute atomic E-state index is 0.000744. The first-order chi connectivity index (χ1) is 7.13. The van der Waals surface area contributed by atoms with E-state index in [1.165, 1.54) is 0 Å². The first-order valence-corrected chi connectivity index (χ1v) is 5.42. The van der Waals surface area contributed by atoms with E-state index >= 15 is 0 Å². The van der Waals surface area contributed by atoms with E-state index in [9.17, 15) is 4.79 Å². The molecule has 1 unspecified atom stereocenters. The maximum absolute atomic E-state index is 11.7. The zero-order valence-corrected chi connectivity index (χ0v) is 9.29. The number of hydrogen-bond donors (Lipinski definition) is 1. The molecule has 0 saturated heterocycles. The van der Waals surface area contributed by atoms with Crippen LogP contribution in [0.4, 0.5) is 0 Å². The minimum atomic E-state index is 0.000744. The van der Waals surface area contributed by atoms with Crippen LogP contribution in [0, 0.1) is 12.8 Å². The third kappa shape index (κ3) is 1.69. The summed E-state index contributed by atoms with van der Waals surface area (Å²) in [5, 5.41) is 0. The molecule has 0 amide bonds. The van der Waals surface area contributed by atoms with Gasteiger partial charge in [0.1, 0.15) is 11.5 Å². The van der Waals surface area contributed by atoms with Crippen molar-refractivity contribution in [2.24, 2.45) is 11.7 Å². The Morgan fingerprint density at radius 3 is 3.07 bits per heavy atom. The van der Waals surface area contributed by atoms with Crippen molar-refractivity contribution in [1.82, 2.24) is 9.55 Å². The van der Waals surface area contributed by atoms with Crippen molar-refractivity contribution in [3.8, 4) is 0 Å². The van der Waals surface area contributed by atoms with E-state index in [2.05, 4.69) is 11.9 Å². The standard InChI is InChI=1S/C11H17N3O/c1-7-3-4-14-10(5-7)13-8(2)11(14)9(15)6-12/h7H,3-6,12H2,1-2H3. The topological polar surface area (TPSA) is 60.9 Å². The quantitative estimate of drug-likeness (QED) is 0.733. The largest absolute Gasteiger partial charge is 0.325 e. The Morgan fingerprint density at radius 2 is 2.40 bits per heavy atom. The summed E-state index contributed by atoms with van der Waals surface area (Å²) in [5.41, 5.74) is 6.95. The number of aromatic nitrogens is 2. The molecule has 0 saturated carbocycles. The molecule has 1 aromatic rings. The number of ketones is 1. The Balaban J connectivity index is 2.44. The van der Waals surface area contributed by atoms with E-state index in [1.54, 1.807) is 0 Å². The molecule has 2 N–H and O–H groups in total. The monoisotopic (exact) mass is 207 g/mol. The molecule has 2 rings (SSSR count). The lowest BCUT2D eigenvalue weighted by Gasteiger charge is -2.20. The highest BCUT2D eigenvalue weighted by Crippen LogP contribution is 2.23. The zero-order chi connectivity index (χ0) is 11.0. The molecule has 1 atom stereocenters. The van der Waals surface area contributed by atoms with Crippen LogP contribution in [0.1, 0.15) is 35.4 Å². The highest BCUT2D eigenvalue weighted by Gasteiger charge is 2.23. The first kappa shape index (κ1) is 10.4. The van der Waals surface area contributed by atoms with Crippen molar-refractivity contribution in [3.05, 3.63) is 17.2 Å². The molecule has 0 aliphatic carbocycles. The summed E-state index contributed by atoms with van der Waals surface area (Å²) in [7, 11) is 0. The maximum Gasteiger partial charge on any atom is 0.194 e. The molecule has 0 fully saturated rings. The van der Waals surface area contributed by atoms with E-state index in [1.807, 2.05) is 11.5 Å². The van der Waals surface area contributed by atoms with Gasteiger partial charge in [0.05, 0.1) is 12.2 Å². The summed E-state index contributed by atoms with van der Waals surface area (Å²) in [6.45, 7) is 5.08. The Labute approximate surface area is 89.5 Å². The molecule has 0 radical (unpaired) electrons. The Bertz CT molecular complexity index is 395. The molecule has 82 valence electrons. The molecule has 4 nitrogen and oxygen atoms in total. The fourth-order valence-electron chi connectivity index (χ4n) is 2.24. The second-order valence-electron chi connectivity index (χ2n) is 4.34. The van der Waals surface area contributed by atoms with Crippen LogP contribution in [0.5, 0.6) is 0 Å². The molecule has 1 aliphatic heterocycles. The Morgan fingerprint density at radius 1 is 1.67 bits per heavy atom. The molecular formula is C11H17N3O. The fourth-order valence-corrected chi connectivity index (χ4v) is 2.24. The van der Waals surface area contributed by atoms with Gasteiger partial charge < -0.3 is 10.3 Å². The van der Waals surface area contributed by atoms with Gasteiger partial charge in [-0.05, 0) is 19.3 Å². The SMILES string of the molecule is Cc1nc2n(c1C(=O)CN)CCC(C)C2. The van der Waals surface area contributed by atoms with Crippen molar-refractivity contribution in [2.75, 3.05) is 6.54 Å². The van der Waals surface area contributed by atoms with Crippen LogP contribution < -0.4 is 5.73 Å². The van der Waals surface area contributed by atoms with Crippen LogP contribution in [0.15, 0.2) is 0 Å².